The van der Waals surface area contributed by atoms with Crippen LogP contribution in [0.25, 0.3) is 0 Å². The first-order valence-corrected chi connectivity index (χ1v) is 6.95. The zero-order chi connectivity index (χ0) is 12.9. The van der Waals surface area contributed by atoms with Gasteiger partial charge in [0.15, 0.2) is 5.25 Å². The molecule has 0 bridgehead atoms. The predicted molar refractivity (Wildman–Crippen MR) is 66.9 cm³/mol. The summed E-state index contributed by atoms with van der Waals surface area (Å²) in [7, 11) is -3.52. The Bertz CT molecular complexity index is 491. The van der Waals surface area contributed by atoms with E-state index in [2.05, 4.69) is 4.72 Å². The number of rotatable bonds is 5. The summed E-state index contributed by atoms with van der Waals surface area (Å²) in [5, 5.41) is 7.56. The molecule has 0 fully saturated rings. The third-order valence-electron chi connectivity index (χ3n) is 2.61. The molecule has 0 radical (unpaired) electrons. The van der Waals surface area contributed by atoms with Crippen molar-refractivity contribution in [2.24, 2.45) is 0 Å². The second kappa shape index (κ2) is 5.80. The Hall–Kier alpha value is -1.38. The Kier molecular flexibility index (Phi) is 4.67. The topological polar surface area (TPSA) is 70.0 Å². The molecule has 0 aromatic heterocycles. The summed E-state index contributed by atoms with van der Waals surface area (Å²) in [6.45, 7) is 3.61. The molecule has 4 nitrogen and oxygen atoms in total. The maximum Gasteiger partial charge on any atom is 0.227 e. The van der Waals surface area contributed by atoms with E-state index in [9.17, 15) is 8.42 Å². The number of nitrogens with one attached hydrogen (secondary N) is 1. The summed E-state index contributed by atoms with van der Waals surface area (Å²) >= 11 is 0. The van der Waals surface area contributed by atoms with Gasteiger partial charge in [-0.1, -0.05) is 37.3 Å². The van der Waals surface area contributed by atoms with E-state index in [1.165, 1.54) is 6.92 Å². The fourth-order valence-electron chi connectivity index (χ4n) is 1.33. The number of hydrogen-bond acceptors (Lipinski definition) is 3. The molecule has 92 valence electrons. The zero-order valence-electron chi connectivity index (χ0n) is 9.92. The Balaban J connectivity index is 2.61. The second-order valence-electron chi connectivity index (χ2n) is 3.98. The van der Waals surface area contributed by atoms with Crippen LogP contribution in [0.1, 0.15) is 25.3 Å². The molecule has 2 unspecified atom stereocenters. The van der Waals surface area contributed by atoms with Gasteiger partial charge in [-0.05, 0) is 18.4 Å². The highest BCUT2D eigenvalue weighted by Crippen LogP contribution is 2.13. The van der Waals surface area contributed by atoms with Crippen LogP contribution in [0.5, 0.6) is 0 Å². The van der Waals surface area contributed by atoms with Crippen LogP contribution in [0.2, 0.25) is 0 Å². The molecule has 0 aliphatic rings. The summed E-state index contributed by atoms with van der Waals surface area (Å²) in [6, 6.07) is 11.4. The van der Waals surface area contributed by atoms with E-state index in [0.717, 1.165) is 5.56 Å². The minimum Gasteiger partial charge on any atom is -0.213 e. The van der Waals surface area contributed by atoms with Crippen LogP contribution in [-0.4, -0.2) is 20.2 Å². The van der Waals surface area contributed by atoms with Crippen molar-refractivity contribution in [1.29, 1.82) is 5.26 Å². The van der Waals surface area contributed by atoms with Crippen molar-refractivity contribution < 1.29 is 8.42 Å². The molecule has 2 atom stereocenters. The monoisotopic (exact) mass is 252 g/mol. The van der Waals surface area contributed by atoms with E-state index >= 15 is 0 Å². The van der Waals surface area contributed by atoms with Gasteiger partial charge in [0.1, 0.15) is 0 Å². The summed E-state index contributed by atoms with van der Waals surface area (Å²) in [5.41, 5.74) is 1.07. The highest BCUT2D eigenvalue weighted by Gasteiger charge is 2.20. The first-order chi connectivity index (χ1) is 7.97. The number of sulfonamides is 1. The lowest BCUT2D eigenvalue weighted by atomic mass is 10.0. The second-order valence-corrected chi connectivity index (χ2v) is 6.06. The smallest absolute Gasteiger partial charge is 0.213 e. The third-order valence-corrected chi connectivity index (χ3v) is 4.21. The lowest BCUT2D eigenvalue weighted by Crippen LogP contribution is -2.34. The highest BCUT2D eigenvalue weighted by atomic mass is 32.2. The molecule has 1 N–H and O–H groups in total. The van der Waals surface area contributed by atoms with E-state index in [1.54, 1.807) is 6.07 Å². The van der Waals surface area contributed by atoms with Gasteiger partial charge in [-0.2, -0.15) is 5.26 Å². The molecular formula is C12H16N2O2S. The van der Waals surface area contributed by atoms with E-state index < -0.39 is 15.3 Å². The van der Waals surface area contributed by atoms with Gasteiger partial charge >= 0.3 is 0 Å². The Labute approximate surface area is 102 Å². The third kappa shape index (κ3) is 3.84. The Morgan fingerprint density at radius 1 is 1.29 bits per heavy atom. The van der Waals surface area contributed by atoms with Gasteiger partial charge in [-0.3, -0.25) is 0 Å². The summed E-state index contributed by atoms with van der Waals surface area (Å²) in [4.78, 5) is 0. The van der Waals surface area contributed by atoms with Crippen molar-refractivity contribution in [1.82, 2.24) is 4.72 Å². The van der Waals surface area contributed by atoms with Gasteiger partial charge in [0, 0.05) is 6.54 Å². The normalized spacial score (nSPS) is 14.9. The summed E-state index contributed by atoms with van der Waals surface area (Å²) < 4.78 is 25.6. The minimum atomic E-state index is -3.52. The van der Waals surface area contributed by atoms with E-state index in [1.807, 2.05) is 37.3 Å². The molecule has 1 aromatic rings. The first-order valence-electron chi connectivity index (χ1n) is 5.40. The van der Waals surface area contributed by atoms with Crippen molar-refractivity contribution in [3.8, 4) is 6.07 Å². The van der Waals surface area contributed by atoms with Gasteiger partial charge < -0.3 is 0 Å². The Morgan fingerprint density at radius 3 is 2.41 bits per heavy atom. The molecule has 0 saturated heterocycles. The molecule has 0 amide bonds. The average Bonchev–Trinajstić information content (AvgIpc) is 2.36. The van der Waals surface area contributed by atoms with E-state index in [4.69, 9.17) is 5.26 Å². The quantitative estimate of drug-likeness (QED) is 0.865. The molecule has 0 aliphatic heterocycles. The first kappa shape index (κ1) is 13.7. The van der Waals surface area contributed by atoms with Crippen molar-refractivity contribution >= 4 is 10.0 Å². The predicted octanol–water partition coefficient (Wildman–Crippen LogP) is 1.62. The van der Waals surface area contributed by atoms with Crippen LogP contribution in [-0.2, 0) is 10.0 Å². The molecule has 5 heteroatoms. The SMILES string of the molecule is CC(CNS(=O)(=O)C(C)C#N)c1ccccc1. The van der Waals surface area contributed by atoms with Crippen molar-refractivity contribution in [2.45, 2.75) is 25.0 Å². The lowest BCUT2D eigenvalue weighted by molar-refractivity contribution is 0.570. The molecule has 1 rings (SSSR count). The van der Waals surface area contributed by atoms with Crippen LogP contribution in [0, 0.1) is 11.3 Å². The van der Waals surface area contributed by atoms with Gasteiger partial charge in [-0.15, -0.1) is 0 Å². The largest absolute Gasteiger partial charge is 0.227 e. The van der Waals surface area contributed by atoms with Gasteiger partial charge in [0.05, 0.1) is 6.07 Å². The lowest BCUT2D eigenvalue weighted by Gasteiger charge is -2.14. The zero-order valence-corrected chi connectivity index (χ0v) is 10.7. The van der Waals surface area contributed by atoms with E-state index in [-0.39, 0.29) is 5.92 Å². The fourth-order valence-corrected chi connectivity index (χ4v) is 2.21. The number of benzene rings is 1. The molecule has 0 saturated carbocycles. The number of nitriles is 1. The number of hydrogen-bond donors (Lipinski definition) is 1. The highest BCUT2D eigenvalue weighted by molar-refractivity contribution is 7.90. The van der Waals surface area contributed by atoms with Crippen LogP contribution in [0.15, 0.2) is 30.3 Å². The van der Waals surface area contributed by atoms with Crippen molar-refractivity contribution in [3.63, 3.8) is 0 Å². The van der Waals surface area contributed by atoms with Gasteiger partial charge in [0.2, 0.25) is 10.0 Å². The van der Waals surface area contributed by atoms with Crippen LogP contribution in [0.4, 0.5) is 0 Å². The van der Waals surface area contributed by atoms with Crippen molar-refractivity contribution in [3.05, 3.63) is 35.9 Å². The Morgan fingerprint density at radius 2 is 1.88 bits per heavy atom. The maximum atomic E-state index is 11.6. The van der Waals surface area contributed by atoms with Crippen molar-refractivity contribution in [2.75, 3.05) is 6.54 Å². The van der Waals surface area contributed by atoms with Crippen LogP contribution >= 0.6 is 0 Å². The standard InChI is InChI=1S/C12H16N2O2S/c1-10(12-6-4-3-5-7-12)9-14-17(15,16)11(2)8-13/h3-7,10-11,14H,9H2,1-2H3. The molecule has 0 aliphatic carbocycles. The summed E-state index contributed by atoms with van der Waals surface area (Å²) in [5.74, 6) is 0.0804. The maximum absolute atomic E-state index is 11.6. The molecule has 1 aromatic carbocycles. The van der Waals surface area contributed by atoms with Crippen LogP contribution < -0.4 is 4.72 Å². The molecule has 0 spiro atoms. The molecule has 17 heavy (non-hydrogen) atoms. The van der Waals surface area contributed by atoms with E-state index in [0.29, 0.717) is 6.54 Å². The molecule has 0 heterocycles. The number of nitrogens with zero attached hydrogens (tertiary/aromatic N) is 1. The average molecular weight is 252 g/mol. The van der Waals surface area contributed by atoms with Crippen LogP contribution in [0.3, 0.4) is 0 Å². The minimum absolute atomic E-state index is 0.0804. The van der Waals surface area contributed by atoms with Gasteiger partial charge in [0.25, 0.3) is 0 Å². The summed E-state index contributed by atoms with van der Waals surface area (Å²) in [6.07, 6.45) is 0. The van der Waals surface area contributed by atoms with Gasteiger partial charge in [-0.25, -0.2) is 13.1 Å². The molecular weight excluding hydrogens is 236 g/mol. The fraction of sp³-hybridized carbons (Fsp3) is 0.417.